The summed E-state index contributed by atoms with van der Waals surface area (Å²) in [7, 11) is 0. The van der Waals surface area contributed by atoms with E-state index < -0.39 is 0 Å². The van der Waals surface area contributed by atoms with Crippen LogP contribution in [0.25, 0.3) is 0 Å². The molecule has 1 N–H and O–H groups in total. The van der Waals surface area contributed by atoms with Crippen LogP contribution in [-0.2, 0) is 17.8 Å². The summed E-state index contributed by atoms with van der Waals surface area (Å²) in [4.78, 5) is 16.3. The first-order chi connectivity index (χ1) is 11.3. The van der Waals surface area contributed by atoms with E-state index in [9.17, 15) is 4.79 Å². The highest BCUT2D eigenvalue weighted by molar-refractivity contribution is 5.76. The van der Waals surface area contributed by atoms with Gasteiger partial charge >= 0.3 is 0 Å². The van der Waals surface area contributed by atoms with Crippen LogP contribution < -0.4 is 5.32 Å². The number of hydrogen-bond acceptors (Lipinski definition) is 4. The molecular weight excluding hydrogens is 290 g/mol. The summed E-state index contributed by atoms with van der Waals surface area (Å²) in [5, 5.41) is 6.84. The number of nitrogens with zero attached hydrogens (tertiary/aromatic N) is 2. The molecule has 1 aromatic heterocycles. The van der Waals surface area contributed by atoms with E-state index in [1.807, 2.05) is 30.3 Å². The van der Waals surface area contributed by atoms with Crippen LogP contribution in [0.4, 0.5) is 0 Å². The summed E-state index contributed by atoms with van der Waals surface area (Å²) in [6.45, 7) is 0.337. The third-order valence-electron chi connectivity index (χ3n) is 4.37. The van der Waals surface area contributed by atoms with Gasteiger partial charge in [0.1, 0.15) is 0 Å². The zero-order valence-corrected chi connectivity index (χ0v) is 13.3. The molecule has 5 heteroatoms. The summed E-state index contributed by atoms with van der Waals surface area (Å²) in [5.41, 5.74) is 1.17. The average molecular weight is 313 g/mol. The van der Waals surface area contributed by atoms with Crippen LogP contribution in [0, 0.1) is 0 Å². The molecule has 5 nitrogen and oxygen atoms in total. The van der Waals surface area contributed by atoms with Gasteiger partial charge in [-0.15, -0.1) is 0 Å². The van der Waals surface area contributed by atoms with Gasteiger partial charge in [0.05, 0.1) is 6.54 Å². The van der Waals surface area contributed by atoms with Crippen LogP contribution in [0.2, 0.25) is 0 Å². The Morgan fingerprint density at radius 3 is 2.74 bits per heavy atom. The van der Waals surface area contributed by atoms with Crippen LogP contribution in [0.1, 0.15) is 61.7 Å². The van der Waals surface area contributed by atoms with Gasteiger partial charge in [-0.05, 0) is 24.8 Å². The number of nitrogens with one attached hydrogen (secondary N) is 1. The first kappa shape index (κ1) is 15.7. The highest BCUT2D eigenvalue weighted by Gasteiger charge is 2.21. The highest BCUT2D eigenvalue weighted by atomic mass is 16.5. The number of hydrogen-bond donors (Lipinski definition) is 1. The molecule has 122 valence electrons. The van der Waals surface area contributed by atoms with E-state index in [4.69, 9.17) is 4.52 Å². The Kier molecular flexibility index (Phi) is 5.40. The summed E-state index contributed by atoms with van der Waals surface area (Å²) < 4.78 is 5.35. The summed E-state index contributed by atoms with van der Waals surface area (Å²) in [5.74, 6) is 1.72. The van der Waals surface area contributed by atoms with Crippen molar-refractivity contribution in [1.82, 2.24) is 15.5 Å². The predicted octanol–water partition coefficient (Wildman–Crippen LogP) is 3.37. The second-order valence-electron chi connectivity index (χ2n) is 6.15. The van der Waals surface area contributed by atoms with Gasteiger partial charge in [-0.2, -0.15) is 4.98 Å². The molecule has 1 heterocycles. The number of rotatable bonds is 6. The van der Waals surface area contributed by atoms with E-state index in [0.717, 1.165) is 25.2 Å². The fraction of sp³-hybridized carbons (Fsp3) is 0.500. The van der Waals surface area contributed by atoms with Crippen LogP contribution in [0.3, 0.4) is 0 Å². The van der Waals surface area contributed by atoms with Crippen molar-refractivity contribution in [3.8, 4) is 0 Å². The Morgan fingerprint density at radius 1 is 1.17 bits per heavy atom. The van der Waals surface area contributed by atoms with Crippen molar-refractivity contribution in [1.29, 1.82) is 0 Å². The molecule has 2 aromatic rings. The Hall–Kier alpha value is -2.17. The molecule has 3 rings (SSSR count). The topological polar surface area (TPSA) is 68.0 Å². The molecule has 0 unspecified atom stereocenters. The highest BCUT2D eigenvalue weighted by Crippen LogP contribution is 2.31. The van der Waals surface area contributed by atoms with Gasteiger partial charge in [-0.1, -0.05) is 54.8 Å². The van der Waals surface area contributed by atoms with Gasteiger partial charge in [0.15, 0.2) is 5.82 Å². The predicted molar refractivity (Wildman–Crippen MR) is 86.7 cm³/mol. The normalized spacial score (nSPS) is 15.5. The first-order valence-electron chi connectivity index (χ1n) is 8.44. The molecule has 0 atom stereocenters. The second kappa shape index (κ2) is 7.90. The molecule has 1 aliphatic rings. The number of aromatic nitrogens is 2. The first-order valence-corrected chi connectivity index (χ1v) is 8.44. The molecule has 0 aliphatic heterocycles. The summed E-state index contributed by atoms with van der Waals surface area (Å²) in [6, 6.07) is 10.0. The van der Waals surface area contributed by atoms with Crippen molar-refractivity contribution in [2.75, 3.05) is 0 Å². The van der Waals surface area contributed by atoms with E-state index in [1.165, 1.54) is 24.8 Å². The lowest BCUT2D eigenvalue weighted by atomic mass is 9.89. The van der Waals surface area contributed by atoms with Gasteiger partial charge in [0, 0.05) is 12.3 Å². The summed E-state index contributed by atoms with van der Waals surface area (Å²) in [6.07, 6.45) is 7.24. The minimum Gasteiger partial charge on any atom is -0.349 e. The van der Waals surface area contributed by atoms with E-state index in [-0.39, 0.29) is 5.91 Å². The molecule has 1 aromatic carbocycles. The van der Waals surface area contributed by atoms with E-state index in [2.05, 4.69) is 15.5 Å². The van der Waals surface area contributed by atoms with E-state index >= 15 is 0 Å². The third kappa shape index (κ3) is 4.65. The minimum absolute atomic E-state index is 0.0119. The van der Waals surface area contributed by atoms with Crippen LogP contribution in [-0.4, -0.2) is 16.0 Å². The molecule has 1 amide bonds. The smallest absolute Gasteiger partial charge is 0.229 e. The molecule has 0 bridgehead atoms. The zero-order chi connectivity index (χ0) is 15.9. The van der Waals surface area contributed by atoms with Crippen LogP contribution in [0.5, 0.6) is 0 Å². The number of amides is 1. The Balaban J connectivity index is 1.43. The van der Waals surface area contributed by atoms with Crippen molar-refractivity contribution in [3.05, 3.63) is 47.6 Å². The number of aryl methyl sites for hydroxylation is 1. The van der Waals surface area contributed by atoms with E-state index in [0.29, 0.717) is 24.7 Å². The number of carbonyl (C=O) groups excluding carboxylic acids is 1. The fourth-order valence-corrected chi connectivity index (χ4v) is 3.02. The zero-order valence-electron chi connectivity index (χ0n) is 13.3. The number of carbonyl (C=O) groups is 1. The van der Waals surface area contributed by atoms with Crippen molar-refractivity contribution in [2.24, 2.45) is 0 Å². The Labute approximate surface area is 136 Å². The lowest BCUT2D eigenvalue weighted by Gasteiger charge is -2.17. The van der Waals surface area contributed by atoms with Crippen LogP contribution >= 0.6 is 0 Å². The van der Waals surface area contributed by atoms with Crippen molar-refractivity contribution < 1.29 is 9.32 Å². The minimum atomic E-state index is 0.0119. The Bertz CT molecular complexity index is 618. The molecule has 0 saturated heterocycles. The molecular formula is C18H23N3O2. The molecule has 0 spiro atoms. The Morgan fingerprint density at radius 2 is 1.96 bits per heavy atom. The maximum Gasteiger partial charge on any atom is 0.229 e. The van der Waals surface area contributed by atoms with Crippen molar-refractivity contribution in [3.63, 3.8) is 0 Å². The summed E-state index contributed by atoms with van der Waals surface area (Å²) >= 11 is 0. The molecule has 23 heavy (non-hydrogen) atoms. The van der Waals surface area contributed by atoms with Gasteiger partial charge in [0.2, 0.25) is 11.8 Å². The maximum absolute atomic E-state index is 11.9. The van der Waals surface area contributed by atoms with Crippen LogP contribution in [0.15, 0.2) is 34.9 Å². The fourth-order valence-electron chi connectivity index (χ4n) is 3.02. The maximum atomic E-state index is 11.9. The molecule has 1 aliphatic carbocycles. The molecule has 0 radical (unpaired) electrons. The lowest BCUT2D eigenvalue weighted by molar-refractivity contribution is -0.121. The monoisotopic (exact) mass is 313 g/mol. The van der Waals surface area contributed by atoms with Gasteiger partial charge in [-0.3, -0.25) is 4.79 Å². The van der Waals surface area contributed by atoms with Gasteiger partial charge < -0.3 is 9.84 Å². The third-order valence-corrected chi connectivity index (χ3v) is 4.37. The SMILES string of the molecule is O=C(CCc1ccccc1)NCc1noc(C2CCCCC2)n1. The molecule has 1 fully saturated rings. The largest absolute Gasteiger partial charge is 0.349 e. The lowest BCUT2D eigenvalue weighted by Crippen LogP contribution is -2.23. The van der Waals surface area contributed by atoms with Crippen molar-refractivity contribution in [2.45, 2.75) is 57.4 Å². The standard InChI is InChI=1S/C18H23N3O2/c22-17(12-11-14-7-3-1-4-8-14)19-13-16-20-18(23-21-16)15-9-5-2-6-10-15/h1,3-4,7-8,15H,2,5-6,9-13H2,(H,19,22). The van der Waals surface area contributed by atoms with E-state index in [1.54, 1.807) is 0 Å². The van der Waals surface area contributed by atoms with Gasteiger partial charge in [-0.25, -0.2) is 0 Å². The average Bonchev–Trinajstić information content (AvgIpc) is 3.09. The quantitative estimate of drug-likeness (QED) is 0.888. The van der Waals surface area contributed by atoms with Gasteiger partial charge in [0.25, 0.3) is 0 Å². The second-order valence-corrected chi connectivity index (χ2v) is 6.15. The van der Waals surface area contributed by atoms with Crippen molar-refractivity contribution >= 4 is 5.91 Å². The number of benzene rings is 1. The molecule has 1 saturated carbocycles.